The van der Waals surface area contributed by atoms with Gasteiger partial charge in [-0.05, 0) is 61.0 Å². The number of pyridine rings is 1. The minimum Gasteiger partial charge on any atom is -0.460 e. The molecule has 0 aliphatic carbocycles. The molecular weight excluding hydrogens is 467 g/mol. The highest BCUT2D eigenvalue weighted by Crippen LogP contribution is 2.27. The fourth-order valence-corrected chi connectivity index (χ4v) is 3.27. The van der Waals surface area contributed by atoms with E-state index < -0.39 is 17.8 Å². The molecule has 0 saturated heterocycles. The quantitative estimate of drug-likeness (QED) is 0.254. The van der Waals surface area contributed by atoms with Gasteiger partial charge < -0.3 is 30.2 Å². The first-order chi connectivity index (χ1) is 17.4. The van der Waals surface area contributed by atoms with Crippen molar-refractivity contribution < 1.29 is 28.6 Å². The number of urea groups is 1. The summed E-state index contributed by atoms with van der Waals surface area (Å²) in [6, 6.07) is 15.5. The average Bonchev–Trinajstić information content (AvgIpc) is 3.37. The number of carbonyl (C=O) groups excluding carboxylic acids is 2. The van der Waals surface area contributed by atoms with Crippen LogP contribution in [0.5, 0.6) is 11.5 Å². The number of benzene rings is 2. The Morgan fingerprint density at radius 2 is 1.83 bits per heavy atom. The molecule has 9 nitrogen and oxygen atoms in total. The minimum atomic E-state index is -0.572. The highest BCUT2D eigenvalue weighted by molar-refractivity contribution is 5.99. The number of aryl methyl sites for hydroxylation is 1. The lowest BCUT2D eigenvalue weighted by Crippen LogP contribution is -2.20. The maximum Gasteiger partial charge on any atom is 0.339 e. The van der Waals surface area contributed by atoms with E-state index in [0.29, 0.717) is 34.1 Å². The zero-order valence-electron chi connectivity index (χ0n) is 19.2. The number of hydrogen-bond acceptors (Lipinski definition) is 6. The van der Waals surface area contributed by atoms with E-state index in [4.69, 9.17) is 14.6 Å². The number of nitrogens with zero attached hydrogens (tertiary/aromatic N) is 1. The number of aliphatic hydroxyl groups is 1. The second kappa shape index (κ2) is 11.2. The molecule has 4 aromatic rings. The summed E-state index contributed by atoms with van der Waals surface area (Å²) < 4.78 is 24.6. The van der Waals surface area contributed by atoms with Gasteiger partial charge in [0.2, 0.25) is 0 Å². The highest BCUT2D eigenvalue weighted by atomic mass is 19.1. The molecule has 2 aromatic heterocycles. The molecule has 10 heteroatoms. The minimum absolute atomic E-state index is 0.0782. The molecule has 0 aliphatic heterocycles. The van der Waals surface area contributed by atoms with Gasteiger partial charge in [-0.25, -0.2) is 14.0 Å². The molecule has 0 unspecified atom stereocenters. The number of nitrogens with one attached hydrogen (secondary N) is 3. The molecule has 0 atom stereocenters. The number of aromatic nitrogens is 2. The van der Waals surface area contributed by atoms with E-state index in [1.165, 1.54) is 12.3 Å². The SMILES string of the molecule is Cc1ccc(F)c(NC(=O)Nc2ccc(Oc3ccnc(-c4cc(C(=O)OCCO)c[nH]4)c3)cc2)c1. The number of esters is 1. The van der Waals surface area contributed by atoms with Crippen LogP contribution in [0.4, 0.5) is 20.6 Å². The molecule has 4 N–H and O–H groups in total. The summed E-state index contributed by atoms with van der Waals surface area (Å²) in [6.45, 7) is 1.48. The molecule has 2 aromatic carbocycles. The third-order valence-electron chi connectivity index (χ3n) is 4.97. The molecule has 184 valence electrons. The van der Waals surface area contributed by atoms with Crippen molar-refractivity contribution in [1.82, 2.24) is 9.97 Å². The number of carbonyl (C=O) groups is 2. The second-order valence-electron chi connectivity index (χ2n) is 7.73. The van der Waals surface area contributed by atoms with Crippen LogP contribution in [0, 0.1) is 12.7 Å². The largest absolute Gasteiger partial charge is 0.460 e. The fourth-order valence-electron chi connectivity index (χ4n) is 3.27. The van der Waals surface area contributed by atoms with Crippen LogP contribution in [0.2, 0.25) is 0 Å². The number of halogens is 1. The number of ether oxygens (including phenoxy) is 2. The van der Waals surface area contributed by atoms with Crippen LogP contribution in [0.3, 0.4) is 0 Å². The Morgan fingerprint density at radius 1 is 1.03 bits per heavy atom. The van der Waals surface area contributed by atoms with E-state index in [1.54, 1.807) is 67.7 Å². The molecule has 2 heterocycles. The molecule has 2 amide bonds. The van der Waals surface area contributed by atoms with Crippen LogP contribution in [0.1, 0.15) is 15.9 Å². The smallest absolute Gasteiger partial charge is 0.339 e. The molecule has 4 rings (SSSR count). The van der Waals surface area contributed by atoms with Gasteiger partial charge in [0, 0.05) is 24.1 Å². The van der Waals surface area contributed by atoms with Crippen molar-refractivity contribution in [2.45, 2.75) is 6.92 Å². The monoisotopic (exact) mass is 490 g/mol. The molecule has 0 aliphatic rings. The van der Waals surface area contributed by atoms with Crippen LogP contribution < -0.4 is 15.4 Å². The lowest BCUT2D eigenvalue weighted by molar-refractivity contribution is 0.0434. The summed E-state index contributed by atoms with van der Waals surface area (Å²) in [6.07, 6.45) is 3.07. The molecule has 0 saturated carbocycles. The summed E-state index contributed by atoms with van der Waals surface area (Å²) in [4.78, 5) is 31.4. The normalized spacial score (nSPS) is 10.5. The number of aliphatic hydroxyl groups excluding tert-OH is 1. The zero-order valence-corrected chi connectivity index (χ0v) is 19.2. The lowest BCUT2D eigenvalue weighted by Gasteiger charge is -2.10. The first kappa shape index (κ1) is 24.4. The topological polar surface area (TPSA) is 126 Å². The standard InChI is InChI=1S/C26H23FN4O5/c1-16-2-7-21(27)22(12-16)31-26(34)30-18-3-5-19(6-4-18)36-20-8-9-28-24(14-20)23-13-17(15-29-23)25(33)35-11-10-32/h2-9,12-15,29,32H,10-11H2,1H3,(H2,30,31,34). The number of rotatable bonds is 8. The van der Waals surface area contributed by atoms with E-state index in [0.717, 1.165) is 5.56 Å². The number of amides is 2. The third-order valence-corrected chi connectivity index (χ3v) is 4.97. The molecule has 36 heavy (non-hydrogen) atoms. The first-order valence-corrected chi connectivity index (χ1v) is 11.0. The van der Waals surface area contributed by atoms with Gasteiger partial charge in [-0.3, -0.25) is 4.98 Å². The van der Waals surface area contributed by atoms with E-state index in [2.05, 4.69) is 20.6 Å². The van der Waals surface area contributed by atoms with E-state index in [9.17, 15) is 14.0 Å². The van der Waals surface area contributed by atoms with Gasteiger partial charge in [-0.15, -0.1) is 0 Å². The summed E-state index contributed by atoms with van der Waals surface area (Å²) in [5.41, 5.74) is 2.86. The average molecular weight is 490 g/mol. The maximum absolute atomic E-state index is 13.9. The van der Waals surface area contributed by atoms with E-state index in [-0.39, 0.29) is 18.9 Å². The van der Waals surface area contributed by atoms with Gasteiger partial charge in [0.25, 0.3) is 0 Å². The van der Waals surface area contributed by atoms with Crippen LogP contribution in [-0.4, -0.2) is 40.3 Å². The Hall–Kier alpha value is -4.70. The Bertz CT molecular complexity index is 1370. The lowest BCUT2D eigenvalue weighted by atomic mass is 10.2. The van der Waals surface area contributed by atoms with Crippen LogP contribution in [0.15, 0.2) is 73.1 Å². The molecule has 0 spiro atoms. The first-order valence-electron chi connectivity index (χ1n) is 11.0. The summed E-state index contributed by atoms with van der Waals surface area (Å²) in [5.74, 6) is -0.0475. The maximum atomic E-state index is 13.9. The van der Waals surface area contributed by atoms with Crippen molar-refractivity contribution in [3.05, 3.63) is 90.0 Å². The summed E-state index contributed by atoms with van der Waals surface area (Å²) >= 11 is 0. The number of anilines is 2. The number of aromatic amines is 1. The van der Waals surface area contributed by atoms with Gasteiger partial charge in [0.1, 0.15) is 23.9 Å². The van der Waals surface area contributed by atoms with Gasteiger partial charge in [-0.2, -0.15) is 0 Å². The Balaban J connectivity index is 1.37. The zero-order chi connectivity index (χ0) is 25.5. The summed E-state index contributed by atoms with van der Waals surface area (Å²) in [7, 11) is 0. The van der Waals surface area contributed by atoms with Gasteiger partial charge >= 0.3 is 12.0 Å². The fraction of sp³-hybridized carbons (Fsp3) is 0.115. The highest BCUT2D eigenvalue weighted by Gasteiger charge is 2.12. The second-order valence-corrected chi connectivity index (χ2v) is 7.73. The molecule has 0 bridgehead atoms. The van der Waals surface area contributed by atoms with Crippen molar-refractivity contribution in [1.29, 1.82) is 0 Å². The van der Waals surface area contributed by atoms with Crippen LogP contribution in [-0.2, 0) is 4.74 Å². The molecular formula is C26H23FN4O5. The van der Waals surface area contributed by atoms with Gasteiger partial charge in [-0.1, -0.05) is 6.07 Å². The van der Waals surface area contributed by atoms with Crippen molar-refractivity contribution in [2.75, 3.05) is 23.8 Å². The van der Waals surface area contributed by atoms with E-state index >= 15 is 0 Å². The summed E-state index contributed by atoms with van der Waals surface area (Å²) in [5, 5.41) is 13.9. The van der Waals surface area contributed by atoms with Crippen molar-refractivity contribution in [3.8, 4) is 22.9 Å². The predicted octanol–water partition coefficient (Wildman–Crippen LogP) is 5.11. The number of H-pyrrole nitrogens is 1. The molecule has 0 radical (unpaired) electrons. The Morgan fingerprint density at radius 3 is 2.61 bits per heavy atom. The van der Waals surface area contributed by atoms with Crippen LogP contribution in [0.25, 0.3) is 11.4 Å². The van der Waals surface area contributed by atoms with Gasteiger partial charge in [0.15, 0.2) is 0 Å². The predicted molar refractivity (Wildman–Crippen MR) is 132 cm³/mol. The van der Waals surface area contributed by atoms with Crippen molar-refractivity contribution in [3.63, 3.8) is 0 Å². The third kappa shape index (κ3) is 6.24. The molecule has 0 fully saturated rings. The Kier molecular flexibility index (Phi) is 7.57. The van der Waals surface area contributed by atoms with Crippen molar-refractivity contribution in [2.24, 2.45) is 0 Å². The number of hydrogen-bond donors (Lipinski definition) is 4. The van der Waals surface area contributed by atoms with E-state index in [1.807, 2.05) is 0 Å². The Labute approximate surface area is 205 Å². The van der Waals surface area contributed by atoms with Crippen LogP contribution >= 0.6 is 0 Å². The van der Waals surface area contributed by atoms with Crippen molar-refractivity contribution >= 4 is 23.4 Å². The van der Waals surface area contributed by atoms with Gasteiger partial charge in [0.05, 0.1) is 29.2 Å².